The fourth-order valence-electron chi connectivity index (χ4n) is 2.27. The zero-order valence-electron chi connectivity index (χ0n) is 13.2. The summed E-state index contributed by atoms with van der Waals surface area (Å²) in [5.41, 5.74) is 1.78. The van der Waals surface area contributed by atoms with Gasteiger partial charge in [0.1, 0.15) is 0 Å². The second-order valence-corrected chi connectivity index (χ2v) is 7.10. The summed E-state index contributed by atoms with van der Waals surface area (Å²) in [7, 11) is -3.62. The first-order valence-corrected chi connectivity index (χ1v) is 9.01. The summed E-state index contributed by atoms with van der Waals surface area (Å²) in [6.45, 7) is 2.04. The highest BCUT2D eigenvalue weighted by Gasteiger charge is 2.14. The Morgan fingerprint density at radius 1 is 1.12 bits per heavy atom. The quantitative estimate of drug-likeness (QED) is 0.644. The molecule has 0 spiro atoms. The average molecular weight is 346 g/mol. The van der Waals surface area contributed by atoms with Gasteiger partial charge in [-0.2, -0.15) is 13.5 Å². The zero-order valence-corrected chi connectivity index (χ0v) is 14.0. The van der Waals surface area contributed by atoms with E-state index in [-0.39, 0.29) is 11.7 Å². The van der Waals surface area contributed by atoms with Crippen LogP contribution in [0, 0.1) is 0 Å². The summed E-state index contributed by atoms with van der Waals surface area (Å²) < 4.78 is 34.8. The van der Waals surface area contributed by atoms with Crippen LogP contribution in [-0.4, -0.2) is 20.9 Å². The molecule has 0 saturated heterocycles. The van der Waals surface area contributed by atoms with Crippen molar-refractivity contribution in [3.8, 4) is 11.5 Å². The van der Waals surface area contributed by atoms with E-state index in [0.717, 1.165) is 23.5 Å². The molecule has 1 heterocycles. The van der Waals surface area contributed by atoms with Crippen LogP contribution in [0.2, 0.25) is 0 Å². The van der Waals surface area contributed by atoms with Gasteiger partial charge in [0.25, 0.3) is 10.0 Å². The smallest absolute Gasteiger partial charge is 0.276 e. The van der Waals surface area contributed by atoms with Crippen molar-refractivity contribution in [3.05, 3.63) is 54.1 Å². The van der Waals surface area contributed by atoms with Gasteiger partial charge in [0, 0.05) is 5.71 Å². The molecule has 24 heavy (non-hydrogen) atoms. The molecule has 0 aliphatic carbocycles. The molecule has 0 atom stereocenters. The number of ether oxygens (including phenoxy) is 2. The van der Waals surface area contributed by atoms with Crippen molar-refractivity contribution in [1.29, 1.82) is 0 Å². The minimum absolute atomic E-state index is 0.192. The Balaban J connectivity index is 1.59. The Hall–Kier alpha value is -2.54. The van der Waals surface area contributed by atoms with Gasteiger partial charge in [-0.25, -0.2) is 4.83 Å². The number of hydrazone groups is 1. The summed E-state index contributed by atoms with van der Waals surface area (Å²) in [6.07, 6.45) is 1.37. The van der Waals surface area contributed by atoms with Crippen molar-refractivity contribution in [2.24, 2.45) is 5.10 Å². The highest BCUT2D eigenvalue weighted by molar-refractivity contribution is 7.89. The van der Waals surface area contributed by atoms with E-state index in [9.17, 15) is 8.42 Å². The molecule has 0 radical (unpaired) electrons. The van der Waals surface area contributed by atoms with Gasteiger partial charge in [-0.1, -0.05) is 24.3 Å². The van der Waals surface area contributed by atoms with Crippen molar-refractivity contribution in [1.82, 2.24) is 4.83 Å². The Kier molecular flexibility index (Phi) is 4.71. The lowest BCUT2D eigenvalue weighted by Gasteiger charge is -2.06. The van der Waals surface area contributed by atoms with Crippen LogP contribution in [0.3, 0.4) is 0 Å². The predicted octanol–water partition coefficient (Wildman–Crippen LogP) is 2.70. The maximum atomic E-state index is 12.1. The Labute approximate surface area is 141 Å². The third-order valence-corrected chi connectivity index (χ3v) is 4.85. The van der Waals surface area contributed by atoms with Crippen LogP contribution in [0.1, 0.15) is 18.9 Å². The van der Waals surface area contributed by atoms with Crippen molar-refractivity contribution < 1.29 is 17.9 Å². The molecule has 0 amide bonds. The van der Waals surface area contributed by atoms with E-state index in [0.29, 0.717) is 12.1 Å². The van der Waals surface area contributed by atoms with E-state index in [4.69, 9.17) is 9.47 Å². The van der Waals surface area contributed by atoms with Gasteiger partial charge in [-0.3, -0.25) is 0 Å². The fraction of sp³-hybridized carbons (Fsp3) is 0.235. The van der Waals surface area contributed by atoms with E-state index >= 15 is 0 Å². The van der Waals surface area contributed by atoms with Crippen molar-refractivity contribution >= 4 is 15.7 Å². The number of fused-ring (bicyclic) bond motifs is 1. The first-order valence-electron chi connectivity index (χ1n) is 7.53. The maximum Gasteiger partial charge on any atom is 0.276 e. The normalized spacial score (nSPS) is 13.8. The first kappa shape index (κ1) is 16.3. The van der Waals surface area contributed by atoms with E-state index in [1.54, 1.807) is 25.1 Å². The molecule has 1 aliphatic rings. The topological polar surface area (TPSA) is 77.0 Å². The minimum Gasteiger partial charge on any atom is -0.454 e. The van der Waals surface area contributed by atoms with E-state index in [2.05, 4.69) is 9.93 Å². The standard InChI is InChI=1S/C17H18N2O4S/c1-13(18-19-24(20,21)15-5-3-2-4-6-15)7-8-14-9-10-16-17(11-14)23-12-22-16/h2-6,9-11,19H,7-8,12H2,1H3. The number of sulfonamides is 1. The zero-order chi connectivity index (χ0) is 17.0. The number of rotatable bonds is 6. The lowest BCUT2D eigenvalue weighted by molar-refractivity contribution is 0.174. The number of hydrogen-bond acceptors (Lipinski definition) is 5. The predicted molar refractivity (Wildman–Crippen MR) is 90.8 cm³/mol. The van der Waals surface area contributed by atoms with Crippen LogP contribution < -0.4 is 14.3 Å². The molecule has 0 fully saturated rings. The molecule has 6 nitrogen and oxygen atoms in total. The second kappa shape index (κ2) is 6.92. The Morgan fingerprint density at radius 3 is 2.67 bits per heavy atom. The number of hydrogen-bond donors (Lipinski definition) is 1. The van der Waals surface area contributed by atoms with E-state index in [1.807, 2.05) is 18.2 Å². The molecule has 0 bridgehead atoms. The van der Waals surface area contributed by atoms with Crippen molar-refractivity contribution in [2.75, 3.05) is 6.79 Å². The van der Waals surface area contributed by atoms with Gasteiger partial charge >= 0.3 is 0 Å². The van der Waals surface area contributed by atoms with E-state index < -0.39 is 10.0 Å². The first-order chi connectivity index (χ1) is 11.5. The van der Waals surface area contributed by atoms with E-state index in [1.165, 1.54) is 12.1 Å². The number of nitrogens with zero attached hydrogens (tertiary/aromatic N) is 1. The second-order valence-electron chi connectivity index (χ2n) is 5.44. The van der Waals surface area contributed by atoms with Crippen LogP contribution in [0.15, 0.2) is 58.5 Å². The van der Waals surface area contributed by atoms with Crippen molar-refractivity contribution in [3.63, 3.8) is 0 Å². The van der Waals surface area contributed by atoms with Gasteiger partial charge in [0.15, 0.2) is 11.5 Å². The van der Waals surface area contributed by atoms with Gasteiger partial charge in [0.05, 0.1) is 4.90 Å². The summed E-state index contributed by atoms with van der Waals surface area (Å²) in [5.74, 6) is 1.49. The van der Waals surface area contributed by atoms with Crippen LogP contribution in [-0.2, 0) is 16.4 Å². The molecule has 1 N–H and O–H groups in total. The summed E-state index contributed by atoms with van der Waals surface area (Å²) in [5, 5.41) is 3.98. The fourth-order valence-corrected chi connectivity index (χ4v) is 3.16. The van der Waals surface area contributed by atoms with Crippen molar-refractivity contribution in [2.45, 2.75) is 24.7 Å². The third-order valence-electron chi connectivity index (χ3n) is 3.62. The van der Waals surface area contributed by atoms with Crippen LogP contribution in [0.25, 0.3) is 0 Å². The highest BCUT2D eigenvalue weighted by atomic mass is 32.2. The maximum absolute atomic E-state index is 12.1. The van der Waals surface area contributed by atoms with Crippen LogP contribution in [0.5, 0.6) is 11.5 Å². The number of aryl methyl sites for hydroxylation is 1. The third kappa shape index (κ3) is 3.86. The van der Waals surface area contributed by atoms with Crippen LogP contribution in [0.4, 0.5) is 0 Å². The molecule has 126 valence electrons. The summed E-state index contributed by atoms with van der Waals surface area (Å²) >= 11 is 0. The number of nitrogens with one attached hydrogen (secondary N) is 1. The van der Waals surface area contributed by atoms with Gasteiger partial charge in [-0.15, -0.1) is 0 Å². The molecule has 0 aromatic heterocycles. The van der Waals surface area contributed by atoms with Gasteiger partial charge in [0.2, 0.25) is 6.79 Å². The highest BCUT2D eigenvalue weighted by Crippen LogP contribution is 2.32. The molecule has 0 unspecified atom stereocenters. The average Bonchev–Trinajstić information content (AvgIpc) is 3.07. The molecule has 2 aromatic carbocycles. The number of benzene rings is 2. The minimum atomic E-state index is -3.62. The summed E-state index contributed by atoms with van der Waals surface area (Å²) in [6, 6.07) is 13.9. The largest absolute Gasteiger partial charge is 0.454 e. The lowest BCUT2D eigenvalue weighted by atomic mass is 10.1. The molecule has 1 aliphatic heterocycles. The molecule has 2 aromatic rings. The van der Waals surface area contributed by atoms with Crippen LogP contribution >= 0.6 is 0 Å². The Bertz CT molecular complexity index is 848. The molecule has 3 rings (SSSR count). The molecular formula is C17H18N2O4S. The lowest BCUT2D eigenvalue weighted by Crippen LogP contribution is -2.19. The summed E-state index contributed by atoms with van der Waals surface area (Å²) in [4.78, 5) is 2.46. The van der Waals surface area contributed by atoms with Gasteiger partial charge < -0.3 is 9.47 Å². The molecule has 0 saturated carbocycles. The SMILES string of the molecule is CC(CCc1ccc2c(c1)OCO2)=NNS(=O)(=O)c1ccccc1. The Morgan fingerprint density at radius 2 is 1.88 bits per heavy atom. The molecular weight excluding hydrogens is 328 g/mol. The molecule has 7 heteroatoms. The monoisotopic (exact) mass is 346 g/mol. The van der Waals surface area contributed by atoms with Gasteiger partial charge in [-0.05, 0) is 49.6 Å².